The van der Waals surface area contributed by atoms with E-state index in [1.54, 1.807) is 0 Å². The van der Waals surface area contributed by atoms with Crippen LogP contribution in [0.4, 0.5) is 0 Å². The first-order valence-electron chi connectivity index (χ1n) is 14.4. The topological polar surface area (TPSA) is 37.8 Å². The van der Waals surface area contributed by atoms with Crippen LogP contribution in [0.1, 0.15) is 56.1 Å². The van der Waals surface area contributed by atoms with Crippen LogP contribution in [0.25, 0.3) is 10.9 Å². The van der Waals surface area contributed by atoms with Crippen molar-refractivity contribution >= 4 is 10.9 Å². The number of fused-ring (bicyclic) bond motifs is 1. The SMILES string of the molecule is Cc1cnc2c(OC3CCN(CCc4ccc(OC5CCN(C6CCC6)CC5)cc4)CC3)cccc2c1. The van der Waals surface area contributed by atoms with Gasteiger partial charge in [-0.3, -0.25) is 4.98 Å². The molecule has 2 aromatic carbocycles. The number of pyridine rings is 1. The summed E-state index contributed by atoms with van der Waals surface area (Å²) < 4.78 is 12.7. The zero-order chi connectivity index (χ0) is 25.0. The van der Waals surface area contributed by atoms with Crippen LogP contribution >= 0.6 is 0 Å². The van der Waals surface area contributed by atoms with Crippen LogP contribution in [0.3, 0.4) is 0 Å². The summed E-state index contributed by atoms with van der Waals surface area (Å²) in [6.07, 6.45) is 12.3. The Hall–Kier alpha value is -2.63. The van der Waals surface area contributed by atoms with Gasteiger partial charge in [0.1, 0.15) is 29.2 Å². The molecular formula is C32H41N3O2. The molecule has 0 radical (unpaired) electrons. The predicted octanol–water partition coefficient (Wildman–Crippen LogP) is 6.02. The van der Waals surface area contributed by atoms with Crippen LogP contribution in [0.2, 0.25) is 0 Å². The van der Waals surface area contributed by atoms with Gasteiger partial charge in [0.2, 0.25) is 0 Å². The largest absolute Gasteiger partial charge is 0.490 e. The average Bonchev–Trinajstić information content (AvgIpc) is 2.89. The van der Waals surface area contributed by atoms with Crippen molar-refractivity contribution in [3.8, 4) is 11.5 Å². The van der Waals surface area contributed by atoms with Crippen LogP contribution in [0.5, 0.6) is 11.5 Å². The molecule has 6 rings (SSSR count). The minimum Gasteiger partial charge on any atom is -0.490 e. The molecule has 0 amide bonds. The number of rotatable bonds is 8. The molecular weight excluding hydrogens is 458 g/mol. The molecule has 5 heteroatoms. The first-order valence-corrected chi connectivity index (χ1v) is 14.4. The molecule has 2 aliphatic heterocycles. The standard InChI is InChI=1S/C32H41N3O2/c1-24-22-26-4-2-7-31(32(26)33-23-24)37-30-13-18-34(19-14-30)17-12-25-8-10-28(11-9-25)36-29-15-20-35(21-16-29)27-5-3-6-27/h2,4,7-11,22-23,27,29-30H,3,5-6,12-21H2,1H3. The van der Waals surface area contributed by atoms with Crippen molar-refractivity contribution in [3.63, 3.8) is 0 Å². The van der Waals surface area contributed by atoms with Crippen molar-refractivity contribution in [2.24, 2.45) is 0 Å². The van der Waals surface area contributed by atoms with E-state index in [2.05, 4.69) is 70.2 Å². The van der Waals surface area contributed by atoms with Gasteiger partial charge in [-0.1, -0.05) is 30.7 Å². The number of piperidine rings is 2. The van der Waals surface area contributed by atoms with E-state index < -0.39 is 0 Å². The van der Waals surface area contributed by atoms with Crippen molar-refractivity contribution in [2.75, 3.05) is 32.7 Å². The lowest BCUT2D eigenvalue weighted by molar-refractivity contribution is 0.0493. The van der Waals surface area contributed by atoms with E-state index in [0.29, 0.717) is 6.10 Å². The summed E-state index contributed by atoms with van der Waals surface area (Å²) in [6.45, 7) is 7.76. The number of likely N-dealkylation sites (tertiary alicyclic amines) is 2. The van der Waals surface area contributed by atoms with Crippen molar-refractivity contribution < 1.29 is 9.47 Å². The number of hydrogen-bond acceptors (Lipinski definition) is 5. The second-order valence-electron chi connectivity index (χ2n) is 11.3. The van der Waals surface area contributed by atoms with Gasteiger partial charge in [-0.15, -0.1) is 0 Å². The summed E-state index contributed by atoms with van der Waals surface area (Å²) in [6, 6.07) is 18.1. The normalized spacial score (nSPS) is 20.7. The highest BCUT2D eigenvalue weighted by molar-refractivity contribution is 5.84. The van der Waals surface area contributed by atoms with Gasteiger partial charge in [-0.05, 0) is 87.3 Å². The number of hydrogen-bond donors (Lipinski definition) is 0. The molecule has 3 fully saturated rings. The molecule has 2 saturated heterocycles. The Morgan fingerprint density at radius 3 is 2.30 bits per heavy atom. The lowest BCUT2D eigenvalue weighted by Gasteiger charge is -2.41. The second-order valence-corrected chi connectivity index (χ2v) is 11.3. The zero-order valence-electron chi connectivity index (χ0n) is 22.3. The molecule has 196 valence electrons. The number of benzene rings is 2. The van der Waals surface area contributed by atoms with Crippen LogP contribution in [-0.2, 0) is 6.42 Å². The molecule has 3 heterocycles. The molecule has 0 unspecified atom stereocenters. The van der Waals surface area contributed by atoms with Crippen LogP contribution in [0, 0.1) is 6.92 Å². The highest BCUT2D eigenvalue weighted by Crippen LogP contribution is 2.29. The summed E-state index contributed by atoms with van der Waals surface area (Å²) in [5.74, 6) is 1.95. The fourth-order valence-electron chi connectivity index (χ4n) is 6.09. The first-order chi connectivity index (χ1) is 18.2. The molecule has 1 saturated carbocycles. The lowest BCUT2D eigenvalue weighted by atomic mass is 9.90. The number of ether oxygens (including phenoxy) is 2. The highest BCUT2D eigenvalue weighted by Gasteiger charge is 2.29. The van der Waals surface area contributed by atoms with Gasteiger partial charge in [0.25, 0.3) is 0 Å². The van der Waals surface area contributed by atoms with Crippen molar-refractivity contribution in [1.82, 2.24) is 14.8 Å². The molecule has 0 atom stereocenters. The Morgan fingerprint density at radius 1 is 0.838 bits per heavy atom. The molecule has 5 nitrogen and oxygen atoms in total. The minimum atomic E-state index is 0.266. The molecule has 3 aromatic rings. The zero-order valence-corrected chi connectivity index (χ0v) is 22.3. The van der Waals surface area contributed by atoms with Gasteiger partial charge in [-0.25, -0.2) is 0 Å². The Morgan fingerprint density at radius 2 is 1.57 bits per heavy atom. The maximum absolute atomic E-state index is 6.42. The van der Waals surface area contributed by atoms with Crippen molar-refractivity contribution in [1.29, 1.82) is 0 Å². The monoisotopic (exact) mass is 499 g/mol. The van der Waals surface area contributed by atoms with Gasteiger partial charge < -0.3 is 19.3 Å². The third-order valence-electron chi connectivity index (χ3n) is 8.65. The van der Waals surface area contributed by atoms with Gasteiger partial charge >= 0.3 is 0 Å². The van der Waals surface area contributed by atoms with Crippen molar-refractivity contribution in [2.45, 2.75) is 76.5 Å². The lowest BCUT2D eigenvalue weighted by Crippen LogP contribution is -2.46. The molecule has 1 aliphatic carbocycles. The molecule has 1 aromatic heterocycles. The Bertz CT molecular complexity index is 1160. The summed E-state index contributed by atoms with van der Waals surface area (Å²) in [7, 11) is 0. The number of para-hydroxylation sites is 1. The Kier molecular flexibility index (Phi) is 7.61. The van der Waals surface area contributed by atoms with E-state index in [4.69, 9.17) is 9.47 Å². The van der Waals surface area contributed by atoms with Gasteiger partial charge in [0.05, 0.1) is 0 Å². The van der Waals surface area contributed by atoms with Gasteiger partial charge in [0.15, 0.2) is 0 Å². The molecule has 0 bridgehead atoms. The van der Waals surface area contributed by atoms with Crippen LogP contribution < -0.4 is 9.47 Å². The fraction of sp³-hybridized carbons (Fsp3) is 0.531. The quantitative estimate of drug-likeness (QED) is 0.379. The first kappa shape index (κ1) is 24.7. The Labute approximate surface area is 221 Å². The predicted molar refractivity (Wildman–Crippen MR) is 150 cm³/mol. The third kappa shape index (κ3) is 6.10. The van der Waals surface area contributed by atoms with Crippen molar-refractivity contribution in [3.05, 3.63) is 65.9 Å². The number of aryl methyl sites for hydroxylation is 1. The highest BCUT2D eigenvalue weighted by atomic mass is 16.5. The molecule has 3 aliphatic rings. The number of aromatic nitrogens is 1. The summed E-state index contributed by atoms with van der Waals surface area (Å²) >= 11 is 0. The van der Waals surface area contributed by atoms with Crippen LogP contribution in [-0.4, -0.2) is 65.8 Å². The van der Waals surface area contributed by atoms with E-state index in [1.165, 1.54) is 43.5 Å². The van der Waals surface area contributed by atoms with E-state index in [-0.39, 0.29) is 6.10 Å². The summed E-state index contributed by atoms with van der Waals surface area (Å²) in [4.78, 5) is 9.89. The van der Waals surface area contributed by atoms with E-state index >= 15 is 0 Å². The van der Waals surface area contributed by atoms with Gasteiger partial charge in [-0.2, -0.15) is 0 Å². The molecule has 0 N–H and O–H groups in total. The summed E-state index contributed by atoms with van der Waals surface area (Å²) in [5, 5.41) is 1.15. The molecule has 0 spiro atoms. The van der Waals surface area contributed by atoms with E-state index in [9.17, 15) is 0 Å². The Balaban J connectivity index is 0.924. The average molecular weight is 500 g/mol. The molecule has 37 heavy (non-hydrogen) atoms. The second kappa shape index (κ2) is 11.4. The fourth-order valence-corrected chi connectivity index (χ4v) is 6.09. The maximum Gasteiger partial charge on any atom is 0.145 e. The smallest absolute Gasteiger partial charge is 0.145 e. The van der Waals surface area contributed by atoms with Gasteiger partial charge in [0, 0.05) is 50.3 Å². The minimum absolute atomic E-state index is 0.266. The third-order valence-corrected chi connectivity index (χ3v) is 8.65. The summed E-state index contributed by atoms with van der Waals surface area (Å²) in [5.41, 5.74) is 3.55. The van der Waals surface area contributed by atoms with Crippen LogP contribution in [0.15, 0.2) is 54.7 Å². The van der Waals surface area contributed by atoms with E-state index in [1.807, 2.05) is 6.20 Å². The maximum atomic E-state index is 6.42. The number of nitrogens with zero attached hydrogens (tertiary/aromatic N) is 3. The van der Waals surface area contributed by atoms with E-state index in [0.717, 1.165) is 80.2 Å².